The van der Waals surface area contributed by atoms with Gasteiger partial charge in [-0.25, -0.2) is 17.2 Å². The minimum atomic E-state index is -4.04. The van der Waals surface area contributed by atoms with Gasteiger partial charge >= 0.3 is 5.97 Å². The van der Waals surface area contributed by atoms with Crippen LogP contribution in [0.3, 0.4) is 0 Å². The van der Waals surface area contributed by atoms with Gasteiger partial charge in [0.2, 0.25) is 10.0 Å². The average molecular weight is 447 g/mol. The summed E-state index contributed by atoms with van der Waals surface area (Å²) in [4.78, 5) is 15.4. The van der Waals surface area contributed by atoms with E-state index in [2.05, 4.69) is 27.5 Å². The van der Waals surface area contributed by atoms with Crippen LogP contribution in [-0.2, 0) is 10.0 Å². The van der Waals surface area contributed by atoms with E-state index in [4.69, 9.17) is 0 Å². The molecule has 6 nitrogen and oxygen atoms in total. The molecule has 0 aliphatic carbocycles. The quantitative estimate of drug-likeness (QED) is 0.575. The maximum atomic E-state index is 13.4. The molecule has 0 fully saturated rings. The van der Waals surface area contributed by atoms with Crippen LogP contribution < -0.4 is 0 Å². The summed E-state index contributed by atoms with van der Waals surface area (Å²) in [6.45, 7) is 3.65. The normalized spacial score (nSPS) is 12.5. The van der Waals surface area contributed by atoms with Gasteiger partial charge in [-0.05, 0) is 39.2 Å². The van der Waals surface area contributed by atoms with Crippen molar-refractivity contribution in [3.8, 4) is 11.3 Å². The Morgan fingerprint density at radius 2 is 1.93 bits per heavy atom. The number of hydrogen-bond acceptors (Lipinski definition) is 4. The summed E-state index contributed by atoms with van der Waals surface area (Å²) >= 11 is 3.28. The SMILES string of the molecule is C=CC(c1cncc(Br)c1)S(=O)(=O)n1cc(C(=O)O)cc1-c1ccccc1. The maximum Gasteiger partial charge on any atom is 0.337 e. The molecule has 0 saturated carbocycles. The summed E-state index contributed by atoms with van der Waals surface area (Å²) < 4.78 is 28.3. The highest BCUT2D eigenvalue weighted by molar-refractivity contribution is 9.10. The van der Waals surface area contributed by atoms with E-state index >= 15 is 0 Å². The van der Waals surface area contributed by atoms with E-state index in [1.165, 1.54) is 18.3 Å². The highest BCUT2D eigenvalue weighted by Crippen LogP contribution is 2.32. The second kappa shape index (κ2) is 7.50. The summed E-state index contributed by atoms with van der Waals surface area (Å²) in [5.74, 6) is -1.21. The second-order valence-electron chi connectivity index (χ2n) is 5.72. The predicted molar refractivity (Wildman–Crippen MR) is 106 cm³/mol. The zero-order chi connectivity index (χ0) is 19.6. The molecule has 27 heavy (non-hydrogen) atoms. The Balaban J connectivity index is 2.21. The second-order valence-corrected chi connectivity index (χ2v) is 8.57. The zero-order valence-electron chi connectivity index (χ0n) is 14.0. The van der Waals surface area contributed by atoms with E-state index in [0.29, 0.717) is 15.6 Å². The maximum absolute atomic E-state index is 13.4. The third kappa shape index (κ3) is 3.72. The lowest BCUT2D eigenvalue weighted by Crippen LogP contribution is -2.20. The van der Waals surface area contributed by atoms with Crippen LogP contribution in [0, 0.1) is 0 Å². The molecule has 0 aliphatic heterocycles. The zero-order valence-corrected chi connectivity index (χ0v) is 16.4. The van der Waals surface area contributed by atoms with Gasteiger partial charge in [0.15, 0.2) is 0 Å². The van der Waals surface area contributed by atoms with Crippen LogP contribution in [-0.4, -0.2) is 28.5 Å². The molecule has 0 radical (unpaired) electrons. The first-order chi connectivity index (χ1) is 12.8. The molecule has 1 unspecified atom stereocenters. The fraction of sp³-hybridized carbons (Fsp3) is 0.0526. The molecule has 3 rings (SSSR count). The third-order valence-electron chi connectivity index (χ3n) is 3.97. The molecule has 0 amide bonds. The molecule has 3 aromatic rings. The van der Waals surface area contributed by atoms with Crippen molar-refractivity contribution >= 4 is 31.9 Å². The van der Waals surface area contributed by atoms with Crippen LogP contribution in [0.1, 0.15) is 21.2 Å². The minimum absolute atomic E-state index is 0.118. The number of rotatable bonds is 6. The summed E-state index contributed by atoms with van der Waals surface area (Å²) in [5.41, 5.74) is 1.16. The first kappa shape index (κ1) is 19.1. The molecular weight excluding hydrogens is 432 g/mol. The molecule has 2 aromatic heterocycles. The number of aromatic nitrogens is 2. The molecule has 8 heteroatoms. The molecule has 1 N–H and O–H groups in total. The Morgan fingerprint density at radius 1 is 1.22 bits per heavy atom. The van der Waals surface area contributed by atoms with E-state index in [1.807, 2.05) is 0 Å². The summed E-state index contributed by atoms with van der Waals surface area (Å²) in [6.07, 6.45) is 5.40. The van der Waals surface area contributed by atoms with E-state index in [9.17, 15) is 18.3 Å². The molecule has 2 heterocycles. The number of nitrogens with zero attached hydrogens (tertiary/aromatic N) is 2. The van der Waals surface area contributed by atoms with Crippen molar-refractivity contribution in [2.75, 3.05) is 0 Å². The Kier molecular flexibility index (Phi) is 5.29. The molecule has 0 bridgehead atoms. The number of benzene rings is 1. The number of carbonyl (C=O) groups is 1. The van der Waals surface area contributed by atoms with E-state index in [-0.39, 0.29) is 11.3 Å². The van der Waals surface area contributed by atoms with Gasteiger partial charge in [0.1, 0.15) is 5.25 Å². The molecule has 0 spiro atoms. The lowest BCUT2D eigenvalue weighted by Gasteiger charge is -2.17. The number of pyridine rings is 1. The molecule has 0 aliphatic rings. The van der Waals surface area contributed by atoms with Gasteiger partial charge in [-0.15, -0.1) is 6.58 Å². The van der Waals surface area contributed by atoms with Gasteiger partial charge < -0.3 is 5.11 Å². The first-order valence-corrected chi connectivity index (χ1v) is 10.1. The Morgan fingerprint density at radius 3 is 2.52 bits per heavy atom. The molecular formula is C19H15BrN2O4S. The van der Waals surface area contributed by atoms with Gasteiger partial charge in [-0.3, -0.25) is 4.98 Å². The molecule has 1 aromatic carbocycles. The Hall–Kier alpha value is -2.71. The average Bonchev–Trinajstić information content (AvgIpc) is 3.09. The number of aromatic carboxylic acids is 1. The van der Waals surface area contributed by atoms with Crippen LogP contribution >= 0.6 is 15.9 Å². The number of halogens is 1. The summed E-state index contributed by atoms with van der Waals surface area (Å²) in [6, 6.07) is 11.7. The van der Waals surface area contributed by atoms with Crippen molar-refractivity contribution in [2.45, 2.75) is 5.25 Å². The molecule has 1 atom stereocenters. The van der Waals surface area contributed by atoms with Crippen molar-refractivity contribution in [3.05, 3.63) is 89.3 Å². The van der Waals surface area contributed by atoms with Crippen molar-refractivity contribution in [2.24, 2.45) is 0 Å². The van der Waals surface area contributed by atoms with Crippen LogP contribution in [0.2, 0.25) is 0 Å². The third-order valence-corrected chi connectivity index (χ3v) is 6.36. The minimum Gasteiger partial charge on any atom is -0.478 e. The van der Waals surface area contributed by atoms with Crippen LogP contribution in [0.4, 0.5) is 0 Å². The van der Waals surface area contributed by atoms with Crippen LogP contribution in [0.25, 0.3) is 11.3 Å². The molecule has 138 valence electrons. The first-order valence-electron chi connectivity index (χ1n) is 7.83. The van der Waals surface area contributed by atoms with Gasteiger partial charge in [0, 0.05) is 23.1 Å². The highest BCUT2D eigenvalue weighted by atomic mass is 79.9. The lowest BCUT2D eigenvalue weighted by molar-refractivity contribution is 0.0697. The smallest absolute Gasteiger partial charge is 0.337 e. The van der Waals surface area contributed by atoms with Crippen molar-refractivity contribution in [3.63, 3.8) is 0 Å². The lowest BCUT2D eigenvalue weighted by atomic mass is 10.1. The Bertz CT molecular complexity index is 1110. The Labute approximate surface area is 165 Å². The van der Waals surface area contributed by atoms with Gasteiger partial charge in [-0.2, -0.15) is 0 Å². The summed E-state index contributed by atoms with van der Waals surface area (Å²) in [5, 5.41) is 8.24. The van der Waals surface area contributed by atoms with Crippen LogP contribution in [0.15, 0.2) is 78.2 Å². The fourth-order valence-electron chi connectivity index (χ4n) is 2.73. The van der Waals surface area contributed by atoms with E-state index in [1.54, 1.807) is 42.6 Å². The fourth-order valence-corrected chi connectivity index (χ4v) is 4.76. The van der Waals surface area contributed by atoms with Crippen molar-refractivity contribution in [1.82, 2.24) is 8.96 Å². The summed E-state index contributed by atoms with van der Waals surface area (Å²) in [7, 11) is -4.04. The number of carboxylic acid groups (broad SMARTS) is 1. The van der Waals surface area contributed by atoms with Gasteiger partial charge in [0.05, 0.1) is 11.3 Å². The topological polar surface area (TPSA) is 89.3 Å². The standard InChI is InChI=1S/C19H15BrN2O4S/c1-2-18(14-8-16(20)11-21-10-14)27(25,26)22-12-15(19(23)24)9-17(22)13-6-4-3-5-7-13/h2-12,18H,1H2,(H,23,24). The largest absolute Gasteiger partial charge is 0.478 e. The van der Waals surface area contributed by atoms with Crippen molar-refractivity contribution < 1.29 is 18.3 Å². The predicted octanol–water partition coefficient (Wildman–Crippen LogP) is 4.12. The van der Waals surface area contributed by atoms with E-state index < -0.39 is 21.2 Å². The van der Waals surface area contributed by atoms with Crippen molar-refractivity contribution in [1.29, 1.82) is 0 Å². The number of hydrogen-bond donors (Lipinski definition) is 1. The van der Waals surface area contributed by atoms with Gasteiger partial charge in [-0.1, -0.05) is 36.4 Å². The number of carboxylic acids is 1. The van der Waals surface area contributed by atoms with E-state index in [0.717, 1.165) is 10.2 Å². The monoisotopic (exact) mass is 446 g/mol. The molecule has 0 saturated heterocycles. The van der Waals surface area contributed by atoms with Crippen LogP contribution in [0.5, 0.6) is 0 Å². The van der Waals surface area contributed by atoms with Gasteiger partial charge in [0.25, 0.3) is 0 Å². The highest BCUT2D eigenvalue weighted by Gasteiger charge is 2.30.